The Morgan fingerprint density at radius 1 is 0.850 bits per heavy atom. The average molecular weight is 555 g/mol. The molecule has 0 amide bonds. The van der Waals surface area contributed by atoms with Gasteiger partial charge in [-0.15, -0.1) is 0 Å². The zero-order chi connectivity index (χ0) is 29.3. The molecule has 0 aromatic heterocycles. The van der Waals surface area contributed by atoms with Crippen molar-refractivity contribution in [2.45, 2.75) is 132 Å². The Hall–Kier alpha value is -1.85. The molecule has 6 rings (SSSR count). The molecule has 0 aromatic carbocycles. The minimum absolute atomic E-state index is 0.00378. The van der Waals surface area contributed by atoms with Crippen molar-refractivity contribution in [2.75, 3.05) is 0 Å². The van der Waals surface area contributed by atoms with Crippen LogP contribution in [0, 0.1) is 50.2 Å². The molecule has 6 nitrogen and oxygen atoms in total. The van der Waals surface area contributed by atoms with Crippen molar-refractivity contribution >= 4 is 17.9 Å². The Balaban J connectivity index is 1.45. The molecule has 1 spiro atoms. The summed E-state index contributed by atoms with van der Waals surface area (Å²) in [5.74, 6) is 0.280. The second-order valence-electron chi connectivity index (χ2n) is 16.4. The van der Waals surface area contributed by atoms with E-state index in [1.54, 1.807) is 0 Å². The second kappa shape index (κ2) is 8.37. The maximum atomic E-state index is 13.8. The minimum atomic E-state index is -0.772. The fraction of sp³-hybridized carbons (Fsp3) is 0.853. The van der Waals surface area contributed by atoms with Crippen molar-refractivity contribution in [3.8, 4) is 0 Å². The van der Waals surface area contributed by atoms with Crippen LogP contribution in [0.5, 0.6) is 0 Å². The van der Waals surface area contributed by atoms with Crippen LogP contribution >= 0.6 is 0 Å². The van der Waals surface area contributed by atoms with Crippen molar-refractivity contribution < 1.29 is 28.6 Å². The second-order valence-corrected chi connectivity index (χ2v) is 16.4. The Labute approximate surface area is 240 Å². The predicted octanol–water partition coefficient (Wildman–Crippen LogP) is 6.80. The smallest absolute Gasteiger partial charge is 0.316 e. The normalized spacial score (nSPS) is 49.7. The van der Waals surface area contributed by atoms with E-state index in [0.29, 0.717) is 24.7 Å². The first-order chi connectivity index (χ1) is 18.4. The summed E-state index contributed by atoms with van der Waals surface area (Å²) in [7, 11) is 0. The number of carbonyl (C=O) groups is 3. The van der Waals surface area contributed by atoms with E-state index in [0.717, 1.165) is 38.5 Å². The Bertz CT molecular complexity index is 1180. The molecule has 10 atom stereocenters. The highest BCUT2D eigenvalue weighted by atomic mass is 16.6. The lowest BCUT2D eigenvalue weighted by atomic mass is 9.33. The van der Waals surface area contributed by atoms with Crippen LogP contribution in [-0.2, 0) is 28.6 Å². The molecule has 6 aliphatic rings. The lowest BCUT2D eigenvalue weighted by Crippen LogP contribution is -2.67. The molecule has 0 radical (unpaired) electrons. The van der Waals surface area contributed by atoms with Crippen molar-refractivity contribution in [3.63, 3.8) is 0 Å². The first-order valence-corrected chi connectivity index (χ1v) is 15.7. The van der Waals surface area contributed by atoms with E-state index in [1.807, 2.05) is 0 Å². The zero-order valence-electron chi connectivity index (χ0n) is 26.1. The number of hydrogen-bond donors (Lipinski definition) is 0. The maximum absolute atomic E-state index is 13.8. The average Bonchev–Trinajstić information content (AvgIpc) is 3.14. The van der Waals surface area contributed by atoms with Crippen molar-refractivity contribution in [3.05, 3.63) is 11.6 Å². The number of allylic oxidation sites excluding steroid dienone is 2. The molecule has 2 bridgehead atoms. The van der Waals surface area contributed by atoms with Crippen LogP contribution in [0.4, 0.5) is 0 Å². The van der Waals surface area contributed by atoms with Gasteiger partial charge in [0.1, 0.15) is 23.7 Å². The van der Waals surface area contributed by atoms with E-state index in [1.165, 1.54) is 19.4 Å². The number of carbonyl (C=O) groups excluding carboxylic acids is 3. The minimum Gasteiger partial charge on any atom is -0.462 e. The van der Waals surface area contributed by atoms with Crippen LogP contribution in [0.15, 0.2) is 11.6 Å². The Morgan fingerprint density at radius 2 is 1.50 bits per heavy atom. The van der Waals surface area contributed by atoms with Crippen molar-refractivity contribution in [1.82, 2.24) is 0 Å². The highest BCUT2D eigenvalue weighted by Crippen LogP contribution is 2.77. The summed E-state index contributed by atoms with van der Waals surface area (Å²) in [6, 6.07) is 0. The van der Waals surface area contributed by atoms with Gasteiger partial charge in [-0.25, -0.2) is 0 Å². The molecule has 1 aliphatic heterocycles. The Kier molecular flexibility index (Phi) is 5.92. The molecule has 5 aliphatic carbocycles. The van der Waals surface area contributed by atoms with Gasteiger partial charge in [-0.1, -0.05) is 60.1 Å². The predicted molar refractivity (Wildman–Crippen MR) is 151 cm³/mol. The molecule has 4 saturated carbocycles. The van der Waals surface area contributed by atoms with Gasteiger partial charge in [0.05, 0.1) is 0 Å². The summed E-state index contributed by atoms with van der Waals surface area (Å²) in [5, 5.41) is 0. The van der Waals surface area contributed by atoms with Gasteiger partial charge in [0.2, 0.25) is 0 Å². The van der Waals surface area contributed by atoms with Crippen LogP contribution in [-0.4, -0.2) is 36.2 Å². The fourth-order valence-corrected chi connectivity index (χ4v) is 11.8. The number of fused-ring (bicyclic) bond motifs is 7. The third-order valence-corrected chi connectivity index (χ3v) is 14.0. The van der Waals surface area contributed by atoms with E-state index >= 15 is 0 Å². The lowest BCUT2D eigenvalue weighted by molar-refractivity contribution is -0.221. The number of rotatable bonds is 2. The third-order valence-electron chi connectivity index (χ3n) is 14.0. The van der Waals surface area contributed by atoms with Gasteiger partial charge in [0.15, 0.2) is 0 Å². The molecule has 222 valence electrons. The summed E-state index contributed by atoms with van der Waals surface area (Å²) < 4.78 is 18.1. The number of ether oxygens (including phenoxy) is 3. The van der Waals surface area contributed by atoms with Crippen LogP contribution < -0.4 is 0 Å². The maximum Gasteiger partial charge on any atom is 0.316 e. The van der Waals surface area contributed by atoms with E-state index in [2.05, 4.69) is 54.5 Å². The van der Waals surface area contributed by atoms with Crippen LogP contribution in [0.25, 0.3) is 0 Å². The summed E-state index contributed by atoms with van der Waals surface area (Å²) in [4.78, 5) is 38.3. The molecule has 40 heavy (non-hydrogen) atoms. The SMILES string of the molecule is CC(=O)O[C@H]1CC[C@]2(C)[C@H]3CC=C4[C@@H]5CC(C)(C)[C@@H]6C[C@]5(C(=O)O6)[C@@H](OC(C)=O)C[C@@]4(C)[C@]3(C)CC[C@H]2C1(C)C. The molecule has 1 saturated heterocycles. The van der Waals surface area contributed by atoms with E-state index in [-0.39, 0.29) is 63.1 Å². The highest BCUT2D eigenvalue weighted by molar-refractivity contribution is 5.83. The van der Waals surface area contributed by atoms with Gasteiger partial charge in [-0.3, -0.25) is 14.4 Å². The van der Waals surface area contributed by atoms with Crippen molar-refractivity contribution in [1.29, 1.82) is 0 Å². The largest absolute Gasteiger partial charge is 0.462 e. The summed E-state index contributed by atoms with van der Waals surface area (Å²) in [6.07, 6.45) is 9.15. The summed E-state index contributed by atoms with van der Waals surface area (Å²) in [6.45, 7) is 19.5. The van der Waals surface area contributed by atoms with Gasteiger partial charge in [0.25, 0.3) is 0 Å². The fourth-order valence-electron chi connectivity index (χ4n) is 11.8. The molecule has 0 N–H and O–H groups in total. The van der Waals surface area contributed by atoms with Crippen LogP contribution in [0.2, 0.25) is 0 Å². The van der Waals surface area contributed by atoms with Crippen molar-refractivity contribution in [2.24, 2.45) is 50.2 Å². The Morgan fingerprint density at radius 3 is 2.15 bits per heavy atom. The van der Waals surface area contributed by atoms with Gasteiger partial charge in [-0.05, 0) is 73.0 Å². The first-order valence-electron chi connectivity index (χ1n) is 15.7. The molecular formula is C34H50O6. The molecule has 5 fully saturated rings. The van der Waals surface area contributed by atoms with Gasteiger partial charge in [-0.2, -0.15) is 0 Å². The topological polar surface area (TPSA) is 78.9 Å². The van der Waals surface area contributed by atoms with Gasteiger partial charge in [0, 0.05) is 37.0 Å². The summed E-state index contributed by atoms with van der Waals surface area (Å²) >= 11 is 0. The molecule has 1 heterocycles. The van der Waals surface area contributed by atoms with Gasteiger partial charge < -0.3 is 14.2 Å². The third kappa shape index (κ3) is 3.37. The summed E-state index contributed by atoms with van der Waals surface area (Å²) in [5.41, 5.74) is 0.339. The van der Waals surface area contributed by atoms with E-state index < -0.39 is 11.5 Å². The van der Waals surface area contributed by atoms with Crippen LogP contribution in [0.3, 0.4) is 0 Å². The monoisotopic (exact) mass is 554 g/mol. The molecule has 0 unspecified atom stereocenters. The van der Waals surface area contributed by atoms with Crippen LogP contribution in [0.1, 0.15) is 114 Å². The lowest BCUT2D eigenvalue weighted by Gasteiger charge is -2.71. The van der Waals surface area contributed by atoms with E-state index in [4.69, 9.17) is 14.2 Å². The number of esters is 3. The quantitative estimate of drug-likeness (QED) is 0.212. The highest BCUT2D eigenvalue weighted by Gasteiger charge is 2.75. The zero-order valence-corrected chi connectivity index (χ0v) is 26.1. The standard InChI is InChI=1S/C34H50O6/c1-19(35)38-25-13-14-31(7)23(30(25,5)6)12-15-32(8)24(31)11-10-21-22-16-29(3,4)26-18-34(22,28(37)40-26)27(39-20(2)36)17-33(21,32)9/h10,22-27H,11-18H2,1-9H3/t22-,23-,24+,25-,26-,27-,31-,32+,33+,34+/m0/s1. The molecule has 0 aromatic rings. The molecule has 6 heteroatoms. The first kappa shape index (κ1) is 28.3. The molecular weight excluding hydrogens is 504 g/mol. The van der Waals surface area contributed by atoms with Gasteiger partial charge >= 0.3 is 17.9 Å². The number of hydrogen-bond acceptors (Lipinski definition) is 6. The van der Waals surface area contributed by atoms with E-state index in [9.17, 15) is 14.4 Å².